The second kappa shape index (κ2) is 7.40. The van der Waals surface area contributed by atoms with Crippen LogP contribution >= 0.6 is 0 Å². The first-order chi connectivity index (χ1) is 11.3. The maximum absolute atomic E-state index is 12.0. The molecule has 0 saturated heterocycles. The van der Waals surface area contributed by atoms with Crippen molar-refractivity contribution in [3.05, 3.63) is 23.3 Å². The first kappa shape index (κ1) is 19.2. The van der Waals surface area contributed by atoms with Gasteiger partial charge in [0, 0.05) is 0 Å². The highest BCUT2D eigenvalue weighted by Gasteiger charge is 2.56. The number of carboxylic acid groups (broad SMARTS) is 1. The molecule has 1 saturated carbocycles. The van der Waals surface area contributed by atoms with Crippen LogP contribution in [-0.2, 0) is 4.79 Å². The van der Waals surface area contributed by atoms with Crippen molar-refractivity contribution in [2.75, 3.05) is 13.2 Å². The average Bonchev–Trinajstić information content (AvgIpc) is 2.53. The zero-order valence-electron chi connectivity index (χ0n) is 15.2. The van der Waals surface area contributed by atoms with Gasteiger partial charge in [0.2, 0.25) is 0 Å². The van der Waals surface area contributed by atoms with Crippen molar-refractivity contribution < 1.29 is 20.1 Å². The number of allylic oxidation sites excluding steroid dienone is 2. The molecule has 4 atom stereocenters. The largest absolute Gasteiger partial charge is 0.481 e. The van der Waals surface area contributed by atoms with E-state index >= 15 is 0 Å². The van der Waals surface area contributed by atoms with Crippen molar-refractivity contribution in [2.24, 2.45) is 22.7 Å². The van der Waals surface area contributed by atoms with Crippen molar-refractivity contribution >= 4 is 5.97 Å². The molecule has 2 rings (SSSR count). The van der Waals surface area contributed by atoms with Gasteiger partial charge in [-0.15, -0.1) is 0 Å². The Hall–Kier alpha value is -1.13. The number of rotatable bonds is 6. The Labute approximate surface area is 145 Å². The summed E-state index contributed by atoms with van der Waals surface area (Å²) in [6.45, 7) is 6.47. The van der Waals surface area contributed by atoms with Gasteiger partial charge in [0.25, 0.3) is 0 Å². The molecule has 4 nitrogen and oxygen atoms in total. The number of aliphatic carboxylic acids is 1. The summed E-state index contributed by atoms with van der Waals surface area (Å²) in [5.41, 5.74) is 2.00. The summed E-state index contributed by atoms with van der Waals surface area (Å²) in [7, 11) is 0. The van der Waals surface area contributed by atoms with Gasteiger partial charge in [-0.2, -0.15) is 0 Å². The first-order valence-electron chi connectivity index (χ1n) is 9.09. The zero-order valence-corrected chi connectivity index (χ0v) is 15.2. The van der Waals surface area contributed by atoms with Gasteiger partial charge in [0.05, 0.1) is 19.1 Å². The Kier molecular flexibility index (Phi) is 5.92. The second-order valence-electron chi connectivity index (χ2n) is 8.07. The highest BCUT2D eigenvalue weighted by molar-refractivity contribution is 5.71. The maximum Gasteiger partial charge on any atom is 0.307 e. The van der Waals surface area contributed by atoms with E-state index < -0.39 is 5.97 Å². The number of aliphatic hydroxyl groups is 2. The molecule has 24 heavy (non-hydrogen) atoms. The lowest BCUT2D eigenvalue weighted by atomic mass is 9.46. The molecule has 0 spiro atoms. The number of hydrogen-bond donors (Lipinski definition) is 3. The molecule has 0 amide bonds. The Morgan fingerprint density at radius 2 is 2.04 bits per heavy atom. The van der Waals surface area contributed by atoms with Crippen molar-refractivity contribution in [2.45, 2.75) is 59.3 Å². The topological polar surface area (TPSA) is 77.8 Å². The van der Waals surface area contributed by atoms with Gasteiger partial charge in [0.1, 0.15) is 0 Å². The minimum Gasteiger partial charge on any atom is -0.481 e. The molecule has 1 fully saturated rings. The summed E-state index contributed by atoms with van der Waals surface area (Å²) in [4.78, 5) is 12.0. The lowest BCUT2D eigenvalue weighted by molar-refractivity contribution is -0.156. The minimum atomic E-state index is -0.691. The summed E-state index contributed by atoms with van der Waals surface area (Å²) in [5.74, 6) is -0.682. The van der Waals surface area contributed by atoms with Crippen LogP contribution in [0.1, 0.15) is 59.3 Å². The first-order valence-corrected chi connectivity index (χ1v) is 9.09. The van der Waals surface area contributed by atoms with Gasteiger partial charge in [-0.3, -0.25) is 4.79 Å². The smallest absolute Gasteiger partial charge is 0.307 e. The van der Waals surface area contributed by atoms with E-state index in [1.165, 1.54) is 5.57 Å². The third-order valence-electron chi connectivity index (χ3n) is 6.99. The Morgan fingerprint density at radius 3 is 2.62 bits per heavy atom. The van der Waals surface area contributed by atoms with Crippen LogP contribution in [0.2, 0.25) is 0 Å². The standard InChI is InChI=1S/C20H32O4/c1-14-5-4-6-17-19(14,2)11-8-16(18(23)24)20(17,3)10-7-15(13-22)9-12-21/h5,9,16-17,21-22H,4,6-8,10-13H2,1-3H3,(H,23,24). The average molecular weight is 336 g/mol. The SMILES string of the molecule is CC1=CCCC2C1(C)CCC(C(=O)O)C2(C)CCC(=CCO)CO. The Bertz CT molecular complexity index is 536. The van der Waals surface area contributed by atoms with Gasteiger partial charge in [0.15, 0.2) is 0 Å². The number of fused-ring (bicyclic) bond motifs is 1. The van der Waals surface area contributed by atoms with Crippen LogP contribution in [0.3, 0.4) is 0 Å². The van der Waals surface area contributed by atoms with Crippen molar-refractivity contribution in [3.63, 3.8) is 0 Å². The summed E-state index contributed by atoms with van der Waals surface area (Å²) in [5, 5.41) is 28.4. The molecule has 4 unspecified atom stereocenters. The summed E-state index contributed by atoms with van der Waals surface area (Å²) in [6, 6.07) is 0. The van der Waals surface area contributed by atoms with Gasteiger partial charge >= 0.3 is 5.97 Å². The van der Waals surface area contributed by atoms with Gasteiger partial charge in [-0.25, -0.2) is 0 Å². The molecule has 2 aliphatic rings. The zero-order chi connectivity index (χ0) is 18.0. The van der Waals surface area contributed by atoms with E-state index in [9.17, 15) is 15.0 Å². The normalized spacial score (nSPS) is 36.9. The fourth-order valence-electron chi connectivity index (χ4n) is 5.30. The maximum atomic E-state index is 12.0. The van der Waals surface area contributed by atoms with Gasteiger partial charge in [-0.05, 0) is 67.8 Å². The van der Waals surface area contributed by atoms with Gasteiger partial charge < -0.3 is 15.3 Å². The lowest BCUT2D eigenvalue weighted by Gasteiger charge is -2.57. The van der Waals surface area contributed by atoms with Crippen LogP contribution in [0.5, 0.6) is 0 Å². The second-order valence-corrected chi connectivity index (χ2v) is 8.07. The highest BCUT2D eigenvalue weighted by atomic mass is 16.4. The molecule has 2 aliphatic carbocycles. The predicted octanol–water partition coefficient (Wildman–Crippen LogP) is 3.54. The van der Waals surface area contributed by atoms with Crippen LogP contribution in [0, 0.1) is 22.7 Å². The predicted molar refractivity (Wildman–Crippen MR) is 94.5 cm³/mol. The third-order valence-corrected chi connectivity index (χ3v) is 6.99. The van der Waals surface area contributed by atoms with E-state index in [-0.39, 0.29) is 30.0 Å². The van der Waals surface area contributed by atoms with E-state index in [1.807, 2.05) is 0 Å². The molecule has 0 aromatic heterocycles. The Balaban J connectivity index is 2.33. The summed E-state index contributed by atoms with van der Waals surface area (Å²) in [6.07, 6.45) is 9.06. The minimum absolute atomic E-state index is 0.0742. The van der Waals surface area contributed by atoms with Crippen LogP contribution in [0.25, 0.3) is 0 Å². The monoisotopic (exact) mass is 336 g/mol. The fraction of sp³-hybridized carbons (Fsp3) is 0.750. The quantitative estimate of drug-likeness (QED) is 0.648. The molecule has 0 heterocycles. The molecule has 0 radical (unpaired) electrons. The number of hydrogen-bond acceptors (Lipinski definition) is 3. The molecule has 136 valence electrons. The van der Waals surface area contributed by atoms with E-state index in [0.717, 1.165) is 31.3 Å². The molecule has 4 heteroatoms. The molecular weight excluding hydrogens is 304 g/mol. The summed E-state index contributed by atoms with van der Waals surface area (Å²) < 4.78 is 0. The molecule has 0 aromatic rings. The molecule has 3 N–H and O–H groups in total. The van der Waals surface area contributed by atoms with Crippen molar-refractivity contribution in [1.82, 2.24) is 0 Å². The fourth-order valence-corrected chi connectivity index (χ4v) is 5.30. The van der Waals surface area contributed by atoms with Crippen molar-refractivity contribution in [1.29, 1.82) is 0 Å². The van der Waals surface area contributed by atoms with Gasteiger partial charge in [-0.1, -0.05) is 31.6 Å². The van der Waals surface area contributed by atoms with E-state index in [0.29, 0.717) is 18.8 Å². The molecular formula is C20H32O4. The van der Waals surface area contributed by atoms with Crippen LogP contribution in [0.4, 0.5) is 0 Å². The van der Waals surface area contributed by atoms with Crippen LogP contribution < -0.4 is 0 Å². The van der Waals surface area contributed by atoms with E-state index in [4.69, 9.17) is 5.11 Å². The van der Waals surface area contributed by atoms with Crippen LogP contribution in [-0.4, -0.2) is 34.5 Å². The number of carbonyl (C=O) groups is 1. The van der Waals surface area contributed by atoms with E-state index in [2.05, 4.69) is 26.8 Å². The number of carboxylic acids is 1. The molecule has 0 bridgehead atoms. The van der Waals surface area contributed by atoms with E-state index in [1.54, 1.807) is 6.08 Å². The van der Waals surface area contributed by atoms with Crippen LogP contribution in [0.15, 0.2) is 23.3 Å². The molecule has 0 aliphatic heterocycles. The highest BCUT2D eigenvalue weighted by Crippen LogP contribution is 2.62. The lowest BCUT2D eigenvalue weighted by Crippen LogP contribution is -2.52. The number of aliphatic hydroxyl groups excluding tert-OH is 2. The Morgan fingerprint density at radius 1 is 1.33 bits per heavy atom. The third kappa shape index (κ3) is 3.31. The summed E-state index contributed by atoms with van der Waals surface area (Å²) >= 11 is 0. The molecule has 0 aromatic carbocycles. The van der Waals surface area contributed by atoms with Crippen molar-refractivity contribution in [3.8, 4) is 0 Å².